The molecule has 0 spiro atoms. The van der Waals surface area contributed by atoms with Gasteiger partial charge in [0, 0.05) is 27.9 Å². The maximum Gasteiger partial charge on any atom is 0.249 e. The van der Waals surface area contributed by atoms with Crippen molar-refractivity contribution >= 4 is 33.7 Å². The summed E-state index contributed by atoms with van der Waals surface area (Å²) < 4.78 is 6.15. The first-order chi connectivity index (χ1) is 9.58. The maximum atomic E-state index is 11.8. The summed E-state index contributed by atoms with van der Waals surface area (Å²) in [6.45, 7) is 1.87. The average Bonchev–Trinajstić information content (AvgIpc) is 2.82. The van der Waals surface area contributed by atoms with Crippen LogP contribution in [0.2, 0.25) is 0 Å². The molecule has 0 aliphatic heterocycles. The Morgan fingerprint density at radius 1 is 1.45 bits per heavy atom. The van der Waals surface area contributed by atoms with Gasteiger partial charge in [0.15, 0.2) is 5.82 Å². The van der Waals surface area contributed by atoms with Crippen molar-refractivity contribution in [3.63, 3.8) is 0 Å². The summed E-state index contributed by atoms with van der Waals surface area (Å²) in [5, 5.41) is 9.36. The summed E-state index contributed by atoms with van der Waals surface area (Å²) in [7, 11) is 1.59. The highest BCUT2D eigenvalue weighted by Gasteiger charge is 2.03. The molecule has 0 atom stereocenters. The molecular formula is C14H14BrN3O2. The van der Waals surface area contributed by atoms with Crippen molar-refractivity contribution in [2.75, 3.05) is 12.4 Å². The van der Waals surface area contributed by atoms with E-state index in [-0.39, 0.29) is 5.91 Å². The van der Waals surface area contributed by atoms with Crippen molar-refractivity contribution in [2.24, 2.45) is 0 Å². The Labute approximate surface area is 125 Å². The highest BCUT2D eigenvalue weighted by molar-refractivity contribution is 9.10. The lowest BCUT2D eigenvalue weighted by Gasteiger charge is -2.04. The molecule has 0 radical (unpaired) electrons. The largest absolute Gasteiger partial charge is 0.496 e. The van der Waals surface area contributed by atoms with Crippen LogP contribution in [0.25, 0.3) is 6.08 Å². The van der Waals surface area contributed by atoms with E-state index in [4.69, 9.17) is 4.74 Å². The lowest BCUT2D eigenvalue weighted by atomic mass is 10.2. The molecule has 1 aromatic carbocycles. The number of anilines is 1. The number of nitrogens with zero attached hydrogens (tertiary/aromatic N) is 1. The van der Waals surface area contributed by atoms with Gasteiger partial charge in [0.1, 0.15) is 5.75 Å². The zero-order valence-corrected chi connectivity index (χ0v) is 12.7. The number of benzene rings is 1. The first kappa shape index (κ1) is 14.3. The molecule has 1 aromatic heterocycles. The van der Waals surface area contributed by atoms with Gasteiger partial charge in [-0.1, -0.05) is 15.9 Å². The molecule has 0 saturated carbocycles. The van der Waals surface area contributed by atoms with E-state index in [1.54, 1.807) is 19.3 Å². The standard InChI is InChI=1S/C14H14BrN3O2/c1-9-7-13(18-17-9)16-14(19)6-3-10-8-11(15)4-5-12(10)20-2/h3-8H,1-2H3,(H2,16,17,18,19). The van der Waals surface area contributed by atoms with Gasteiger partial charge in [0.25, 0.3) is 0 Å². The molecule has 0 aliphatic rings. The normalized spacial score (nSPS) is 10.8. The molecule has 20 heavy (non-hydrogen) atoms. The maximum absolute atomic E-state index is 11.8. The molecule has 2 rings (SSSR count). The topological polar surface area (TPSA) is 67.0 Å². The minimum Gasteiger partial charge on any atom is -0.496 e. The fraction of sp³-hybridized carbons (Fsp3) is 0.143. The fourth-order valence-electron chi connectivity index (χ4n) is 1.65. The van der Waals surface area contributed by atoms with Gasteiger partial charge in [-0.2, -0.15) is 5.10 Å². The molecule has 0 bridgehead atoms. The number of carbonyl (C=O) groups is 1. The Morgan fingerprint density at radius 2 is 2.25 bits per heavy atom. The Kier molecular flexibility index (Phi) is 4.57. The van der Waals surface area contributed by atoms with Gasteiger partial charge >= 0.3 is 0 Å². The minimum absolute atomic E-state index is 0.251. The molecule has 1 amide bonds. The molecule has 0 unspecified atom stereocenters. The van der Waals surface area contributed by atoms with Crippen molar-refractivity contribution in [2.45, 2.75) is 6.92 Å². The van der Waals surface area contributed by atoms with E-state index in [1.165, 1.54) is 6.08 Å². The van der Waals surface area contributed by atoms with Crippen molar-refractivity contribution in [3.8, 4) is 5.75 Å². The highest BCUT2D eigenvalue weighted by atomic mass is 79.9. The summed E-state index contributed by atoms with van der Waals surface area (Å²) >= 11 is 3.38. The van der Waals surface area contributed by atoms with E-state index >= 15 is 0 Å². The van der Waals surface area contributed by atoms with Gasteiger partial charge in [-0.05, 0) is 31.2 Å². The Morgan fingerprint density at radius 3 is 2.90 bits per heavy atom. The number of halogens is 1. The summed E-state index contributed by atoms with van der Waals surface area (Å²) in [6.07, 6.45) is 3.13. The molecule has 2 N–H and O–H groups in total. The van der Waals surface area contributed by atoms with E-state index < -0.39 is 0 Å². The number of aromatic amines is 1. The van der Waals surface area contributed by atoms with Gasteiger partial charge in [-0.3, -0.25) is 9.89 Å². The van der Waals surface area contributed by atoms with Crippen LogP contribution in [0.3, 0.4) is 0 Å². The molecule has 0 fully saturated rings. The zero-order valence-electron chi connectivity index (χ0n) is 11.1. The van der Waals surface area contributed by atoms with Crippen LogP contribution in [0.1, 0.15) is 11.3 Å². The van der Waals surface area contributed by atoms with E-state index in [0.717, 1.165) is 15.7 Å². The van der Waals surface area contributed by atoms with Crippen LogP contribution in [-0.4, -0.2) is 23.2 Å². The first-order valence-electron chi connectivity index (χ1n) is 5.93. The van der Waals surface area contributed by atoms with Gasteiger partial charge in [0.2, 0.25) is 5.91 Å². The van der Waals surface area contributed by atoms with Crippen LogP contribution in [0, 0.1) is 6.92 Å². The number of hydrogen-bond donors (Lipinski definition) is 2. The van der Waals surface area contributed by atoms with Gasteiger partial charge in [0.05, 0.1) is 7.11 Å². The van der Waals surface area contributed by atoms with Crippen LogP contribution in [0.15, 0.2) is 34.8 Å². The van der Waals surface area contributed by atoms with E-state index in [2.05, 4.69) is 31.4 Å². The van der Waals surface area contributed by atoms with Crippen molar-refractivity contribution in [3.05, 3.63) is 46.1 Å². The van der Waals surface area contributed by atoms with Crippen LogP contribution < -0.4 is 10.1 Å². The second-order valence-electron chi connectivity index (χ2n) is 4.15. The third kappa shape index (κ3) is 3.71. The second kappa shape index (κ2) is 6.38. The van der Waals surface area contributed by atoms with Gasteiger partial charge in [-0.15, -0.1) is 0 Å². The predicted octanol–water partition coefficient (Wildman–Crippen LogP) is 3.14. The second-order valence-corrected chi connectivity index (χ2v) is 5.06. The third-order valence-corrected chi connectivity index (χ3v) is 3.06. The van der Waals surface area contributed by atoms with E-state index in [1.807, 2.05) is 25.1 Å². The average molecular weight is 336 g/mol. The number of methoxy groups -OCH3 is 1. The van der Waals surface area contributed by atoms with Crippen molar-refractivity contribution in [1.82, 2.24) is 10.2 Å². The fourth-order valence-corrected chi connectivity index (χ4v) is 2.03. The number of H-pyrrole nitrogens is 1. The number of ether oxygens (including phenoxy) is 1. The third-order valence-electron chi connectivity index (χ3n) is 2.56. The molecule has 6 heteroatoms. The number of hydrogen-bond acceptors (Lipinski definition) is 3. The molecule has 2 aromatic rings. The number of nitrogens with one attached hydrogen (secondary N) is 2. The number of aromatic nitrogens is 2. The zero-order chi connectivity index (χ0) is 14.5. The molecular weight excluding hydrogens is 322 g/mol. The summed E-state index contributed by atoms with van der Waals surface area (Å²) in [6, 6.07) is 7.34. The monoisotopic (exact) mass is 335 g/mol. The Hall–Kier alpha value is -2.08. The van der Waals surface area contributed by atoms with E-state index in [0.29, 0.717) is 11.6 Å². The predicted molar refractivity (Wildman–Crippen MR) is 81.7 cm³/mol. The SMILES string of the molecule is COc1ccc(Br)cc1C=CC(=O)Nc1cc(C)[nH]n1. The number of rotatable bonds is 4. The van der Waals surface area contributed by atoms with Crippen molar-refractivity contribution in [1.29, 1.82) is 0 Å². The number of carbonyl (C=O) groups excluding carboxylic acids is 1. The smallest absolute Gasteiger partial charge is 0.249 e. The summed E-state index contributed by atoms with van der Waals surface area (Å²) in [4.78, 5) is 11.8. The minimum atomic E-state index is -0.251. The van der Waals surface area contributed by atoms with Crippen LogP contribution in [0.5, 0.6) is 5.75 Å². The summed E-state index contributed by atoms with van der Waals surface area (Å²) in [5.74, 6) is 0.949. The number of amides is 1. The highest BCUT2D eigenvalue weighted by Crippen LogP contribution is 2.24. The van der Waals surface area contributed by atoms with Gasteiger partial charge < -0.3 is 10.1 Å². The molecule has 0 saturated heterocycles. The molecule has 5 nitrogen and oxygen atoms in total. The quantitative estimate of drug-likeness (QED) is 0.843. The van der Waals surface area contributed by atoms with E-state index in [9.17, 15) is 4.79 Å². The van der Waals surface area contributed by atoms with Crippen LogP contribution in [0.4, 0.5) is 5.82 Å². The van der Waals surface area contributed by atoms with Gasteiger partial charge in [-0.25, -0.2) is 0 Å². The Bertz CT molecular complexity index is 650. The molecule has 0 aliphatic carbocycles. The molecule has 104 valence electrons. The van der Waals surface area contributed by atoms with Crippen molar-refractivity contribution < 1.29 is 9.53 Å². The first-order valence-corrected chi connectivity index (χ1v) is 6.72. The lowest BCUT2D eigenvalue weighted by Crippen LogP contribution is -2.07. The lowest BCUT2D eigenvalue weighted by molar-refractivity contribution is -0.111. The number of aryl methyl sites for hydroxylation is 1. The molecule has 1 heterocycles. The van der Waals surface area contributed by atoms with Crippen LogP contribution >= 0.6 is 15.9 Å². The van der Waals surface area contributed by atoms with Crippen LogP contribution in [-0.2, 0) is 4.79 Å². The Balaban J connectivity index is 2.09. The summed E-state index contributed by atoms with van der Waals surface area (Å²) in [5.41, 5.74) is 1.70.